The number of aromatic nitrogens is 1. The predicted octanol–water partition coefficient (Wildman–Crippen LogP) is 5.08. The average molecular weight is 450 g/mol. The van der Waals surface area contributed by atoms with E-state index in [-0.39, 0.29) is 6.09 Å². The number of carbonyl (C=O) groups is 1. The van der Waals surface area contributed by atoms with Crippen molar-refractivity contribution in [2.45, 2.75) is 51.5 Å². The zero-order valence-electron chi connectivity index (χ0n) is 18.4. The van der Waals surface area contributed by atoms with Crippen LogP contribution >= 0.6 is 23.4 Å². The highest BCUT2D eigenvalue weighted by Crippen LogP contribution is 2.28. The molecule has 0 atom stereocenters. The summed E-state index contributed by atoms with van der Waals surface area (Å²) in [7, 11) is 0. The van der Waals surface area contributed by atoms with E-state index in [1.807, 2.05) is 20.8 Å². The Morgan fingerprint density at radius 1 is 1.13 bits per heavy atom. The summed E-state index contributed by atoms with van der Waals surface area (Å²) in [6.07, 6.45) is 0.556. The van der Waals surface area contributed by atoms with Crippen LogP contribution in [0.3, 0.4) is 0 Å². The van der Waals surface area contributed by atoms with Gasteiger partial charge in [-0.05, 0) is 46.8 Å². The van der Waals surface area contributed by atoms with Gasteiger partial charge in [-0.15, -0.1) is 11.3 Å². The van der Waals surface area contributed by atoms with Crippen LogP contribution in [0.15, 0.2) is 29.2 Å². The first-order valence-electron chi connectivity index (χ1n) is 10.3. The molecular formula is C22H31N3O3S2. The molecule has 164 valence electrons. The summed E-state index contributed by atoms with van der Waals surface area (Å²) >= 11 is 3.13. The molecule has 0 saturated carbocycles. The Kier molecular flexibility index (Phi) is 7.65. The van der Waals surface area contributed by atoms with Crippen LogP contribution in [0.1, 0.15) is 36.9 Å². The molecule has 0 radical (unpaired) electrons. The van der Waals surface area contributed by atoms with Crippen LogP contribution in [-0.2, 0) is 15.3 Å². The fourth-order valence-corrected chi connectivity index (χ4v) is 4.59. The van der Waals surface area contributed by atoms with Gasteiger partial charge in [0.1, 0.15) is 5.60 Å². The van der Waals surface area contributed by atoms with E-state index in [0.29, 0.717) is 19.7 Å². The van der Waals surface area contributed by atoms with Crippen LogP contribution < -0.4 is 4.90 Å². The van der Waals surface area contributed by atoms with Gasteiger partial charge < -0.3 is 18.7 Å². The van der Waals surface area contributed by atoms with Crippen molar-refractivity contribution in [3.63, 3.8) is 0 Å². The van der Waals surface area contributed by atoms with E-state index in [1.165, 1.54) is 22.5 Å². The number of carbonyl (C=O) groups excluding carboxylic acids is 1. The summed E-state index contributed by atoms with van der Waals surface area (Å²) in [5.74, 6) is 0. The fraction of sp³-hybridized carbons (Fsp3) is 0.545. The highest BCUT2D eigenvalue weighted by molar-refractivity contribution is 7.94. The monoisotopic (exact) mass is 449 g/mol. The van der Waals surface area contributed by atoms with Crippen LogP contribution in [0, 0.1) is 13.8 Å². The first-order chi connectivity index (χ1) is 14.2. The Hall–Kier alpha value is -1.77. The largest absolute Gasteiger partial charge is 0.444 e. The second-order valence-electron chi connectivity index (χ2n) is 8.42. The van der Waals surface area contributed by atoms with Crippen molar-refractivity contribution in [1.29, 1.82) is 0 Å². The molecular weight excluding hydrogens is 418 g/mol. The van der Waals surface area contributed by atoms with Crippen molar-refractivity contribution in [2.75, 3.05) is 37.7 Å². The van der Waals surface area contributed by atoms with E-state index in [0.717, 1.165) is 35.2 Å². The lowest BCUT2D eigenvalue weighted by atomic mass is 10.2. The molecule has 0 spiro atoms. The van der Waals surface area contributed by atoms with Crippen LogP contribution in [0.25, 0.3) is 0 Å². The number of thiazole rings is 1. The van der Waals surface area contributed by atoms with Gasteiger partial charge in [0.05, 0.1) is 12.3 Å². The lowest BCUT2D eigenvalue weighted by Gasteiger charge is -2.35. The van der Waals surface area contributed by atoms with Gasteiger partial charge >= 0.3 is 6.09 Å². The second kappa shape index (κ2) is 10.0. The van der Waals surface area contributed by atoms with Gasteiger partial charge in [0, 0.05) is 54.4 Å². The number of nitrogens with zero attached hydrogens (tertiary/aromatic N) is 3. The van der Waals surface area contributed by atoms with E-state index in [2.05, 4.69) is 43.0 Å². The van der Waals surface area contributed by atoms with Gasteiger partial charge in [-0.3, -0.25) is 0 Å². The smallest absolute Gasteiger partial charge is 0.410 e. The number of rotatable bonds is 6. The van der Waals surface area contributed by atoms with E-state index < -0.39 is 5.60 Å². The summed E-state index contributed by atoms with van der Waals surface area (Å²) in [4.78, 5) is 23.4. The minimum Gasteiger partial charge on any atom is -0.444 e. The van der Waals surface area contributed by atoms with E-state index in [9.17, 15) is 4.79 Å². The SMILES string of the molecule is Cc1ccc(SOCCc2nc(N3CCN(C(=O)OC(C)(C)C)CC3)sc2C)cc1. The first kappa shape index (κ1) is 22.9. The van der Waals surface area contributed by atoms with E-state index >= 15 is 0 Å². The molecule has 8 heteroatoms. The Morgan fingerprint density at radius 2 is 1.80 bits per heavy atom. The van der Waals surface area contributed by atoms with E-state index in [1.54, 1.807) is 16.2 Å². The average Bonchev–Trinajstić information content (AvgIpc) is 3.06. The number of piperazine rings is 1. The fourth-order valence-electron chi connectivity index (χ4n) is 3.03. The number of hydrogen-bond acceptors (Lipinski definition) is 7. The van der Waals surface area contributed by atoms with Crippen LogP contribution in [-0.4, -0.2) is 54.4 Å². The van der Waals surface area contributed by atoms with Gasteiger partial charge in [0.2, 0.25) is 0 Å². The molecule has 1 aromatic heterocycles. The summed E-state index contributed by atoms with van der Waals surface area (Å²) in [5, 5.41) is 1.03. The van der Waals surface area contributed by atoms with Crippen molar-refractivity contribution < 1.29 is 13.7 Å². The van der Waals surface area contributed by atoms with Crippen molar-refractivity contribution in [3.05, 3.63) is 40.4 Å². The normalized spacial score (nSPS) is 14.8. The number of amides is 1. The number of anilines is 1. The minimum atomic E-state index is -0.463. The third kappa shape index (κ3) is 6.62. The third-order valence-electron chi connectivity index (χ3n) is 4.68. The maximum absolute atomic E-state index is 12.2. The topological polar surface area (TPSA) is 54.9 Å². The molecule has 6 nitrogen and oxygen atoms in total. The molecule has 1 aliphatic rings. The molecule has 3 rings (SSSR count). The Bertz CT molecular complexity index is 838. The molecule has 2 heterocycles. The molecule has 2 aromatic rings. The lowest BCUT2D eigenvalue weighted by Crippen LogP contribution is -2.50. The summed E-state index contributed by atoms with van der Waals surface area (Å²) in [6, 6.07) is 8.32. The van der Waals surface area contributed by atoms with Crippen molar-refractivity contribution in [1.82, 2.24) is 9.88 Å². The van der Waals surface area contributed by atoms with Crippen molar-refractivity contribution in [3.8, 4) is 0 Å². The quantitative estimate of drug-likeness (QED) is 0.453. The standard InChI is InChI=1S/C22H31N3O3S2/c1-16-6-8-18(9-7-16)30-27-15-10-19-17(2)29-20(23-19)24-11-13-25(14-12-24)21(26)28-22(3,4)5/h6-9H,10-15H2,1-5H3. The van der Waals surface area contributed by atoms with E-state index in [4.69, 9.17) is 13.9 Å². The van der Waals surface area contributed by atoms with Crippen LogP contribution in [0.5, 0.6) is 0 Å². The van der Waals surface area contributed by atoms with Gasteiger partial charge in [-0.25, -0.2) is 9.78 Å². The molecule has 1 aliphatic heterocycles. The summed E-state index contributed by atoms with van der Waals surface area (Å²) in [6.45, 7) is 13.3. The zero-order chi connectivity index (χ0) is 21.7. The van der Waals surface area contributed by atoms with Crippen molar-refractivity contribution >= 4 is 34.6 Å². The molecule has 0 N–H and O–H groups in total. The summed E-state index contributed by atoms with van der Waals surface area (Å²) in [5.41, 5.74) is 1.88. The van der Waals surface area contributed by atoms with Gasteiger partial charge in [-0.2, -0.15) is 0 Å². The maximum Gasteiger partial charge on any atom is 0.410 e. The van der Waals surface area contributed by atoms with Crippen molar-refractivity contribution in [2.24, 2.45) is 0 Å². The molecule has 1 aromatic carbocycles. The molecule has 1 amide bonds. The molecule has 1 fully saturated rings. The van der Waals surface area contributed by atoms with Gasteiger partial charge in [-0.1, -0.05) is 17.7 Å². The number of hydrogen-bond donors (Lipinski definition) is 0. The molecule has 1 saturated heterocycles. The van der Waals surface area contributed by atoms with Crippen LogP contribution in [0.4, 0.5) is 9.93 Å². The molecule has 0 unspecified atom stereocenters. The Morgan fingerprint density at radius 3 is 2.43 bits per heavy atom. The number of aryl methyl sites for hydroxylation is 2. The maximum atomic E-state index is 12.2. The van der Waals surface area contributed by atoms with Gasteiger partial charge in [0.15, 0.2) is 5.13 Å². The molecule has 0 aliphatic carbocycles. The zero-order valence-corrected chi connectivity index (χ0v) is 20.1. The summed E-state index contributed by atoms with van der Waals surface area (Å²) < 4.78 is 11.2. The predicted molar refractivity (Wildman–Crippen MR) is 124 cm³/mol. The molecule has 0 bridgehead atoms. The second-order valence-corrected chi connectivity index (χ2v) is 10.5. The Labute approximate surface area is 187 Å². The number of benzene rings is 1. The highest BCUT2D eigenvalue weighted by atomic mass is 32.2. The van der Waals surface area contributed by atoms with Crippen LogP contribution in [0.2, 0.25) is 0 Å². The van der Waals surface area contributed by atoms with Gasteiger partial charge in [0.25, 0.3) is 0 Å². The first-order valence-corrected chi connectivity index (χ1v) is 11.8. The third-order valence-corrected chi connectivity index (χ3v) is 6.50. The molecule has 30 heavy (non-hydrogen) atoms. The number of ether oxygens (including phenoxy) is 1. The minimum absolute atomic E-state index is 0.235. The lowest BCUT2D eigenvalue weighted by molar-refractivity contribution is 0.0240. The Balaban J connectivity index is 1.45. The highest BCUT2D eigenvalue weighted by Gasteiger charge is 2.27.